The number of hydrogen-bond donors (Lipinski definition) is 1. The zero-order chi connectivity index (χ0) is 17.0. The van der Waals surface area contributed by atoms with E-state index in [1.54, 1.807) is 12.1 Å². The molecule has 1 amide bonds. The van der Waals surface area contributed by atoms with Crippen LogP contribution in [0.25, 0.3) is 0 Å². The Labute approximate surface area is 136 Å². The Morgan fingerprint density at radius 3 is 2.43 bits per heavy atom. The lowest BCUT2D eigenvalue weighted by Crippen LogP contribution is -2.51. The van der Waals surface area contributed by atoms with Gasteiger partial charge in [-0.25, -0.2) is 4.39 Å². The Bertz CT molecular complexity index is 583. The van der Waals surface area contributed by atoms with E-state index in [2.05, 4.69) is 5.32 Å². The second kappa shape index (κ2) is 7.55. The summed E-state index contributed by atoms with van der Waals surface area (Å²) in [5, 5.41) is 3.01. The summed E-state index contributed by atoms with van der Waals surface area (Å²) in [5.74, 6) is -0.463. The number of ketones is 1. The van der Waals surface area contributed by atoms with Crippen LogP contribution in [-0.2, 0) is 4.79 Å². The predicted octanol–water partition coefficient (Wildman–Crippen LogP) is 1.53. The standard InChI is InChI=1S/C17H24FN3O2/c1-12(11-19-3)17(23)21-8-6-20(7-9-21)16-5-4-14(13(2)22)10-15(16)18/h4-5,10,12,19H,6-9,11H2,1-3H3. The first-order chi connectivity index (χ1) is 10.9. The number of piperazine rings is 1. The molecule has 1 aliphatic rings. The number of rotatable bonds is 5. The molecule has 1 aromatic rings. The molecule has 0 spiro atoms. The Hall–Kier alpha value is -1.95. The van der Waals surface area contributed by atoms with E-state index in [9.17, 15) is 14.0 Å². The van der Waals surface area contributed by atoms with Gasteiger partial charge in [0, 0.05) is 44.2 Å². The topological polar surface area (TPSA) is 52.7 Å². The van der Waals surface area contributed by atoms with Crippen molar-refractivity contribution in [3.63, 3.8) is 0 Å². The highest BCUT2D eigenvalue weighted by Crippen LogP contribution is 2.22. The largest absolute Gasteiger partial charge is 0.366 e. The number of hydrogen-bond acceptors (Lipinski definition) is 4. The van der Waals surface area contributed by atoms with E-state index in [1.807, 2.05) is 23.8 Å². The van der Waals surface area contributed by atoms with Crippen LogP contribution in [0.3, 0.4) is 0 Å². The molecule has 0 saturated carbocycles. The summed E-state index contributed by atoms with van der Waals surface area (Å²) >= 11 is 0. The molecule has 1 unspecified atom stereocenters. The van der Waals surface area contributed by atoms with Gasteiger partial charge in [0.05, 0.1) is 5.69 Å². The lowest BCUT2D eigenvalue weighted by molar-refractivity contribution is -0.135. The van der Waals surface area contributed by atoms with Crippen molar-refractivity contribution in [2.24, 2.45) is 5.92 Å². The number of carbonyl (C=O) groups excluding carboxylic acids is 2. The monoisotopic (exact) mass is 321 g/mol. The van der Waals surface area contributed by atoms with Gasteiger partial charge in [0.15, 0.2) is 5.78 Å². The third-order valence-corrected chi connectivity index (χ3v) is 4.22. The van der Waals surface area contributed by atoms with E-state index in [4.69, 9.17) is 0 Å². The predicted molar refractivity (Wildman–Crippen MR) is 88.3 cm³/mol. The number of carbonyl (C=O) groups is 2. The first-order valence-electron chi connectivity index (χ1n) is 7.93. The summed E-state index contributed by atoms with van der Waals surface area (Å²) < 4.78 is 14.2. The molecule has 1 fully saturated rings. The van der Waals surface area contributed by atoms with E-state index in [0.717, 1.165) is 0 Å². The summed E-state index contributed by atoms with van der Waals surface area (Å²) in [6.45, 7) is 6.33. The van der Waals surface area contributed by atoms with Crippen LogP contribution in [0.15, 0.2) is 18.2 Å². The SMILES string of the molecule is CNCC(C)C(=O)N1CCN(c2ccc(C(C)=O)cc2F)CC1. The van der Waals surface area contributed by atoms with Gasteiger partial charge in [0.1, 0.15) is 5.82 Å². The lowest BCUT2D eigenvalue weighted by Gasteiger charge is -2.37. The molecular weight excluding hydrogens is 297 g/mol. The summed E-state index contributed by atoms with van der Waals surface area (Å²) in [6, 6.07) is 4.57. The minimum absolute atomic E-state index is 0.0573. The Balaban J connectivity index is 1.99. The number of nitrogens with one attached hydrogen (secondary N) is 1. The summed E-state index contributed by atoms with van der Waals surface area (Å²) in [5.41, 5.74) is 0.867. The molecule has 0 aromatic heterocycles. The number of halogens is 1. The Morgan fingerprint density at radius 1 is 1.26 bits per heavy atom. The Morgan fingerprint density at radius 2 is 1.91 bits per heavy atom. The quantitative estimate of drug-likeness (QED) is 0.836. The molecule has 5 nitrogen and oxygen atoms in total. The zero-order valence-electron chi connectivity index (χ0n) is 13.9. The molecule has 1 aliphatic heterocycles. The third kappa shape index (κ3) is 4.07. The highest BCUT2D eigenvalue weighted by atomic mass is 19.1. The van der Waals surface area contributed by atoms with Crippen LogP contribution in [0.1, 0.15) is 24.2 Å². The smallest absolute Gasteiger partial charge is 0.226 e. The maximum Gasteiger partial charge on any atom is 0.226 e. The third-order valence-electron chi connectivity index (χ3n) is 4.22. The van der Waals surface area contributed by atoms with Crippen LogP contribution in [0.2, 0.25) is 0 Å². The highest BCUT2D eigenvalue weighted by Gasteiger charge is 2.25. The lowest BCUT2D eigenvalue weighted by atomic mass is 10.1. The molecule has 1 saturated heterocycles. The van der Waals surface area contributed by atoms with Crippen LogP contribution in [-0.4, -0.2) is 56.4 Å². The first kappa shape index (κ1) is 17.4. The molecule has 23 heavy (non-hydrogen) atoms. The zero-order valence-corrected chi connectivity index (χ0v) is 13.9. The first-order valence-corrected chi connectivity index (χ1v) is 7.93. The molecule has 0 radical (unpaired) electrons. The molecule has 1 N–H and O–H groups in total. The molecule has 1 heterocycles. The van der Waals surface area contributed by atoms with Gasteiger partial charge in [0.25, 0.3) is 0 Å². The van der Waals surface area contributed by atoms with Crippen LogP contribution in [0.4, 0.5) is 10.1 Å². The van der Waals surface area contributed by atoms with Crippen molar-refractivity contribution >= 4 is 17.4 Å². The van der Waals surface area contributed by atoms with Crippen molar-refractivity contribution in [3.05, 3.63) is 29.6 Å². The van der Waals surface area contributed by atoms with Gasteiger partial charge in [-0.3, -0.25) is 9.59 Å². The molecular formula is C17H24FN3O2. The maximum atomic E-state index is 14.2. The molecule has 1 aromatic carbocycles. The van der Waals surface area contributed by atoms with Gasteiger partial charge >= 0.3 is 0 Å². The van der Waals surface area contributed by atoms with Gasteiger partial charge in [-0.15, -0.1) is 0 Å². The molecule has 0 bridgehead atoms. The van der Waals surface area contributed by atoms with Crippen molar-refractivity contribution in [2.45, 2.75) is 13.8 Å². The number of nitrogens with zero attached hydrogens (tertiary/aromatic N) is 2. The average Bonchev–Trinajstić information content (AvgIpc) is 2.54. The fourth-order valence-electron chi connectivity index (χ4n) is 2.86. The van der Waals surface area contributed by atoms with Crippen LogP contribution in [0, 0.1) is 11.7 Å². The van der Waals surface area contributed by atoms with Crippen LogP contribution in [0.5, 0.6) is 0 Å². The fourth-order valence-corrected chi connectivity index (χ4v) is 2.86. The van der Waals surface area contributed by atoms with Gasteiger partial charge in [-0.2, -0.15) is 0 Å². The van der Waals surface area contributed by atoms with Gasteiger partial charge < -0.3 is 15.1 Å². The fraction of sp³-hybridized carbons (Fsp3) is 0.529. The minimum Gasteiger partial charge on any atom is -0.366 e. The van der Waals surface area contributed by atoms with Gasteiger partial charge in [-0.05, 0) is 32.2 Å². The Kier molecular flexibility index (Phi) is 5.71. The van der Waals surface area contributed by atoms with E-state index >= 15 is 0 Å². The van der Waals surface area contributed by atoms with Crippen molar-refractivity contribution < 1.29 is 14.0 Å². The summed E-state index contributed by atoms with van der Waals surface area (Å²) in [4.78, 5) is 27.3. The second-order valence-corrected chi connectivity index (χ2v) is 5.99. The van der Waals surface area contributed by atoms with Crippen LogP contribution >= 0.6 is 0 Å². The van der Waals surface area contributed by atoms with Crippen molar-refractivity contribution in [1.82, 2.24) is 10.2 Å². The van der Waals surface area contributed by atoms with E-state index < -0.39 is 0 Å². The molecule has 1 atom stereocenters. The number of anilines is 1. The average molecular weight is 321 g/mol. The number of benzene rings is 1. The van der Waals surface area contributed by atoms with E-state index in [-0.39, 0.29) is 23.4 Å². The minimum atomic E-state index is -0.388. The van der Waals surface area contributed by atoms with Crippen molar-refractivity contribution in [2.75, 3.05) is 44.7 Å². The maximum absolute atomic E-state index is 14.2. The summed E-state index contributed by atoms with van der Waals surface area (Å²) in [6.07, 6.45) is 0. The van der Waals surface area contributed by atoms with E-state index in [0.29, 0.717) is 44.0 Å². The molecule has 6 heteroatoms. The molecule has 2 rings (SSSR count). The number of Topliss-reactive ketones (excluding diaryl/α,β-unsaturated/α-hetero) is 1. The van der Waals surface area contributed by atoms with Gasteiger partial charge in [-0.1, -0.05) is 6.92 Å². The molecule has 126 valence electrons. The second-order valence-electron chi connectivity index (χ2n) is 5.99. The highest BCUT2D eigenvalue weighted by molar-refractivity contribution is 5.94. The molecule has 0 aliphatic carbocycles. The van der Waals surface area contributed by atoms with Crippen molar-refractivity contribution in [1.29, 1.82) is 0 Å². The number of amides is 1. The van der Waals surface area contributed by atoms with Gasteiger partial charge in [0.2, 0.25) is 5.91 Å². The van der Waals surface area contributed by atoms with Crippen LogP contribution < -0.4 is 10.2 Å². The normalized spacial score (nSPS) is 16.3. The van der Waals surface area contributed by atoms with E-state index in [1.165, 1.54) is 13.0 Å². The van der Waals surface area contributed by atoms with Crippen molar-refractivity contribution in [3.8, 4) is 0 Å². The summed E-state index contributed by atoms with van der Waals surface area (Å²) in [7, 11) is 1.83.